The van der Waals surface area contributed by atoms with Crippen LogP contribution in [-0.4, -0.2) is 29.3 Å². The number of nitrogens with zero attached hydrogens (tertiary/aromatic N) is 1. The molecule has 0 amide bonds. The van der Waals surface area contributed by atoms with Gasteiger partial charge in [-0.3, -0.25) is 9.69 Å². The minimum atomic E-state index is -0.413. The zero-order chi connectivity index (χ0) is 14.6. The summed E-state index contributed by atoms with van der Waals surface area (Å²) < 4.78 is 0. The molecule has 0 spiro atoms. The Morgan fingerprint density at radius 3 is 2.35 bits per heavy atom. The molecule has 0 aliphatic carbocycles. The molecule has 0 N–H and O–H groups in total. The second-order valence-electron chi connectivity index (χ2n) is 5.86. The van der Waals surface area contributed by atoms with Gasteiger partial charge in [-0.2, -0.15) is 0 Å². The van der Waals surface area contributed by atoms with Crippen molar-refractivity contribution in [2.75, 3.05) is 13.1 Å². The van der Waals surface area contributed by atoms with E-state index in [1.807, 2.05) is 44.2 Å². The van der Waals surface area contributed by atoms with E-state index in [0.29, 0.717) is 5.02 Å². The van der Waals surface area contributed by atoms with E-state index in [9.17, 15) is 4.79 Å². The molecule has 1 aromatic rings. The van der Waals surface area contributed by atoms with Crippen LogP contribution in [0.1, 0.15) is 38.7 Å². The van der Waals surface area contributed by atoms with Crippen LogP contribution >= 0.6 is 11.6 Å². The van der Waals surface area contributed by atoms with Gasteiger partial charge in [0, 0.05) is 5.02 Å². The highest BCUT2D eigenvalue weighted by molar-refractivity contribution is 6.30. The van der Waals surface area contributed by atoms with Crippen molar-refractivity contribution in [1.29, 1.82) is 0 Å². The Kier molecular flexibility index (Phi) is 5.00. The van der Waals surface area contributed by atoms with E-state index in [2.05, 4.69) is 4.90 Å². The first-order chi connectivity index (χ1) is 9.50. The molecule has 0 saturated carbocycles. The Morgan fingerprint density at radius 2 is 1.75 bits per heavy atom. The Bertz CT molecular complexity index is 484. The summed E-state index contributed by atoms with van der Waals surface area (Å²) in [6.07, 6.45) is 7.22. The summed E-state index contributed by atoms with van der Waals surface area (Å²) in [7, 11) is 0. The molecular weight excluding hydrogens is 270 g/mol. The number of carbonyl (C=O) groups is 1. The maximum Gasteiger partial charge on any atom is 0.175 e. The van der Waals surface area contributed by atoms with Crippen LogP contribution in [0.4, 0.5) is 0 Å². The van der Waals surface area contributed by atoms with Crippen LogP contribution in [0.25, 0.3) is 6.08 Å². The number of likely N-dealkylation sites (tertiary alicyclic amines) is 1. The van der Waals surface area contributed by atoms with Crippen LogP contribution in [0.5, 0.6) is 0 Å². The van der Waals surface area contributed by atoms with Crippen LogP contribution in [0.2, 0.25) is 5.02 Å². The Balaban J connectivity index is 2.04. The van der Waals surface area contributed by atoms with E-state index in [1.54, 1.807) is 6.08 Å². The van der Waals surface area contributed by atoms with Gasteiger partial charge < -0.3 is 0 Å². The van der Waals surface area contributed by atoms with Crippen molar-refractivity contribution in [3.05, 3.63) is 40.9 Å². The largest absolute Gasteiger partial charge is 0.293 e. The lowest BCUT2D eigenvalue weighted by molar-refractivity contribution is -0.125. The predicted octanol–water partition coefficient (Wildman–Crippen LogP) is 4.19. The van der Waals surface area contributed by atoms with Gasteiger partial charge in [-0.25, -0.2) is 0 Å². The zero-order valence-corrected chi connectivity index (χ0v) is 13.0. The molecule has 0 unspecified atom stereocenters. The number of piperidine rings is 1. The van der Waals surface area contributed by atoms with E-state index >= 15 is 0 Å². The van der Waals surface area contributed by atoms with Crippen molar-refractivity contribution in [3.8, 4) is 0 Å². The van der Waals surface area contributed by atoms with E-state index in [-0.39, 0.29) is 5.78 Å². The molecule has 1 heterocycles. The van der Waals surface area contributed by atoms with Gasteiger partial charge >= 0.3 is 0 Å². The monoisotopic (exact) mass is 291 g/mol. The van der Waals surface area contributed by atoms with Crippen LogP contribution in [-0.2, 0) is 4.79 Å². The van der Waals surface area contributed by atoms with Crippen molar-refractivity contribution in [3.63, 3.8) is 0 Å². The molecule has 2 rings (SSSR count). The SMILES string of the molecule is CC(C)(C(=O)/C=C/c1ccc(Cl)cc1)N1CCCCC1. The second-order valence-corrected chi connectivity index (χ2v) is 6.29. The average molecular weight is 292 g/mol. The van der Waals surface area contributed by atoms with Gasteiger partial charge in [0.25, 0.3) is 0 Å². The van der Waals surface area contributed by atoms with Crippen LogP contribution in [0, 0.1) is 0 Å². The van der Waals surface area contributed by atoms with E-state index in [1.165, 1.54) is 19.3 Å². The number of hydrogen-bond acceptors (Lipinski definition) is 2. The minimum Gasteiger partial charge on any atom is -0.293 e. The van der Waals surface area contributed by atoms with Crippen LogP contribution in [0.15, 0.2) is 30.3 Å². The highest BCUT2D eigenvalue weighted by Gasteiger charge is 2.33. The third-order valence-corrected chi connectivity index (χ3v) is 4.30. The lowest BCUT2D eigenvalue weighted by Gasteiger charge is -2.39. The molecule has 0 aromatic heterocycles. The molecule has 1 aromatic carbocycles. The van der Waals surface area contributed by atoms with Crippen molar-refractivity contribution in [1.82, 2.24) is 4.90 Å². The number of rotatable bonds is 4. The Labute approximate surface area is 126 Å². The molecule has 108 valence electrons. The molecular formula is C17H22ClNO. The zero-order valence-electron chi connectivity index (χ0n) is 12.2. The number of carbonyl (C=O) groups excluding carboxylic acids is 1. The van der Waals surface area contributed by atoms with E-state index < -0.39 is 5.54 Å². The molecule has 1 fully saturated rings. The predicted molar refractivity (Wildman–Crippen MR) is 85.0 cm³/mol. The molecule has 0 bridgehead atoms. The van der Waals surface area contributed by atoms with Crippen molar-refractivity contribution < 1.29 is 4.79 Å². The quantitative estimate of drug-likeness (QED) is 0.776. The van der Waals surface area contributed by atoms with E-state index in [0.717, 1.165) is 18.7 Å². The van der Waals surface area contributed by atoms with Gasteiger partial charge in [0.05, 0.1) is 5.54 Å². The number of halogens is 1. The number of benzene rings is 1. The molecule has 3 heteroatoms. The van der Waals surface area contributed by atoms with Gasteiger partial charge in [-0.15, -0.1) is 0 Å². The second kappa shape index (κ2) is 6.55. The molecule has 20 heavy (non-hydrogen) atoms. The summed E-state index contributed by atoms with van der Waals surface area (Å²) in [4.78, 5) is 14.7. The van der Waals surface area contributed by atoms with Crippen LogP contribution in [0.3, 0.4) is 0 Å². The van der Waals surface area contributed by atoms with E-state index in [4.69, 9.17) is 11.6 Å². The topological polar surface area (TPSA) is 20.3 Å². The number of hydrogen-bond donors (Lipinski definition) is 0. The van der Waals surface area contributed by atoms with Gasteiger partial charge in [0.1, 0.15) is 0 Å². The van der Waals surface area contributed by atoms with Gasteiger partial charge in [-0.05, 0) is 63.6 Å². The van der Waals surface area contributed by atoms with Gasteiger partial charge in [0.2, 0.25) is 0 Å². The van der Waals surface area contributed by atoms with Crippen LogP contribution < -0.4 is 0 Å². The fourth-order valence-corrected chi connectivity index (χ4v) is 2.68. The summed E-state index contributed by atoms with van der Waals surface area (Å²) in [6.45, 7) is 6.08. The molecule has 0 radical (unpaired) electrons. The fourth-order valence-electron chi connectivity index (χ4n) is 2.56. The fraction of sp³-hybridized carbons (Fsp3) is 0.471. The standard InChI is InChI=1S/C17H22ClNO/c1-17(2,19-12-4-3-5-13-19)16(20)11-8-14-6-9-15(18)10-7-14/h6-11H,3-5,12-13H2,1-2H3/b11-8+. The minimum absolute atomic E-state index is 0.161. The van der Waals surface area contributed by atoms with Gasteiger partial charge in [-0.1, -0.05) is 36.2 Å². The Morgan fingerprint density at radius 1 is 1.15 bits per heavy atom. The first-order valence-corrected chi connectivity index (χ1v) is 7.61. The lowest BCUT2D eigenvalue weighted by atomic mass is 9.93. The van der Waals surface area contributed by atoms with Crippen molar-refractivity contribution in [2.45, 2.75) is 38.6 Å². The molecule has 1 saturated heterocycles. The highest BCUT2D eigenvalue weighted by atomic mass is 35.5. The smallest absolute Gasteiger partial charge is 0.175 e. The average Bonchev–Trinajstić information content (AvgIpc) is 2.47. The summed E-state index contributed by atoms with van der Waals surface area (Å²) >= 11 is 5.85. The first kappa shape index (κ1) is 15.3. The van der Waals surface area contributed by atoms with Crippen molar-refractivity contribution >= 4 is 23.5 Å². The molecule has 1 aliphatic rings. The molecule has 0 atom stereocenters. The summed E-state index contributed by atoms with van der Waals surface area (Å²) in [5.74, 6) is 0.161. The van der Waals surface area contributed by atoms with Crippen molar-refractivity contribution in [2.24, 2.45) is 0 Å². The summed E-state index contributed by atoms with van der Waals surface area (Å²) in [5, 5.41) is 0.710. The maximum absolute atomic E-state index is 12.4. The lowest BCUT2D eigenvalue weighted by Crippen LogP contribution is -2.51. The summed E-state index contributed by atoms with van der Waals surface area (Å²) in [5.41, 5.74) is 0.584. The maximum atomic E-state index is 12.4. The third kappa shape index (κ3) is 3.71. The first-order valence-electron chi connectivity index (χ1n) is 7.23. The highest BCUT2D eigenvalue weighted by Crippen LogP contribution is 2.22. The third-order valence-electron chi connectivity index (χ3n) is 4.05. The normalized spacial score (nSPS) is 17.6. The number of ketones is 1. The Hall–Kier alpha value is -1.12. The summed E-state index contributed by atoms with van der Waals surface area (Å²) in [6, 6.07) is 7.50. The molecule has 1 aliphatic heterocycles. The molecule has 2 nitrogen and oxygen atoms in total. The van der Waals surface area contributed by atoms with Gasteiger partial charge in [0.15, 0.2) is 5.78 Å².